The topological polar surface area (TPSA) is 83.5 Å². The number of carbonyl (C=O) groups excluding carboxylic acids is 1. The summed E-state index contributed by atoms with van der Waals surface area (Å²) in [4.78, 5) is 13.5. The smallest absolute Gasteiger partial charge is 0.231 e. The highest BCUT2D eigenvalue weighted by molar-refractivity contribution is 6.08. The molecule has 0 radical (unpaired) electrons. The van der Waals surface area contributed by atoms with Gasteiger partial charge < -0.3 is 28.8 Å². The van der Waals surface area contributed by atoms with Crippen molar-refractivity contribution in [3.63, 3.8) is 0 Å². The summed E-state index contributed by atoms with van der Waals surface area (Å²) >= 11 is 0. The van der Waals surface area contributed by atoms with E-state index in [1.807, 2.05) is 26.0 Å². The third kappa shape index (κ3) is 2.13. The maximum atomic E-state index is 13.5. The van der Waals surface area contributed by atoms with Crippen molar-refractivity contribution < 1.29 is 33.6 Å². The number of aliphatic hydroxyl groups is 1. The Bertz CT molecular complexity index is 1120. The monoisotopic (exact) mass is 394 g/mol. The summed E-state index contributed by atoms with van der Waals surface area (Å²) < 4.78 is 28.7. The molecule has 0 saturated heterocycles. The molecule has 0 spiro atoms. The summed E-state index contributed by atoms with van der Waals surface area (Å²) in [6.45, 7) is 4.01. The van der Waals surface area contributed by atoms with Crippen LogP contribution in [0.5, 0.6) is 28.7 Å². The Balaban J connectivity index is 1.51. The lowest BCUT2D eigenvalue weighted by atomic mass is 9.77. The average molecular weight is 394 g/mol. The number of ketones is 1. The van der Waals surface area contributed by atoms with E-state index in [-0.39, 0.29) is 13.4 Å². The Hall–Kier alpha value is -3.19. The van der Waals surface area contributed by atoms with Crippen LogP contribution in [0, 0.1) is 0 Å². The first-order valence-electron chi connectivity index (χ1n) is 9.43. The van der Waals surface area contributed by atoms with Crippen molar-refractivity contribution in [1.29, 1.82) is 0 Å². The Morgan fingerprint density at radius 3 is 2.66 bits per heavy atom. The van der Waals surface area contributed by atoms with Gasteiger partial charge >= 0.3 is 0 Å². The molecule has 4 aliphatic rings. The molecule has 2 aromatic carbocycles. The number of Topliss-reactive ketones (excluding diaryl/α,β-unsaturated/α-hetero) is 1. The molecular weight excluding hydrogens is 376 g/mol. The van der Waals surface area contributed by atoms with Gasteiger partial charge in [0.2, 0.25) is 12.6 Å². The Labute approximate surface area is 166 Å². The van der Waals surface area contributed by atoms with Crippen LogP contribution in [-0.4, -0.2) is 36.0 Å². The first-order valence-corrected chi connectivity index (χ1v) is 9.43. The van der Waals surface area contributed by atoms with E-state index in [2.05, 4.69) is 0 Å². The van der Waals surface area contributed by atoms with Crippen molar-refractivity contribution in [2.45, 2.75) is 31.2 Å². The fourth-order valence-corrected chi connectivity index (χ4v) is 4.27. The summed E-state index contributed by atoms with van der Waals surface area (Å²) in [7, 11) is 0. The second kappa shape index (κ2) is 5.24. The number of benzene rings is 2. The lowest BCUT2D eigenvalue weighted by Gasteiger charge is -2.43. The van der Waals surface area contributed by atoms with E-state index in [1.165, 1.54) is 0 Å². The lowest BCUT2D eigenvalue weighted by Crippen LogP contribution is -2.57. The number of hydrogen-bond donors (Lipinski definition) is 1. The summed E-state index contributed by atoms with van der Waals surface area (Å²) in [5.74, 6) is 1.97. The van der Waals surface area contributed by atoms with Crippen LogP contribution in [-0.2, 0) is 5.60 Å². The van der Waals surface area contributed by atoms with Gasteiger partial charge in [0, 0.05) is 11.6 Å². The molecule has 4 heterocycles. The van der Waals surface area contributed by atoms with Gasteiger partial charge in [-0.05, 0) is 44.2 Å². The van der Waals surface area contributed by atoms with E-state index in [9.17, 15) is 9.90 Å². The molecule has 0 fully saturated rings. The van der Waals surface area contributed by atoms with E-state index < -0.39 is 23.1 Å². The molecule has 2 aromatic rings. The minimum atomic E-state index is -1.88. The van der Waals surface area contributed by atoms with Crippen LogP contribution < -0.4 is 23.7 Å². The Morgan fingerprint density at radius 1 is 1.03 bits per heavy atom. The summed E-state index contributed by atoms with van der Waals surface area (Å²) in [6, 6.07) is 6.62. The maximum Gasteiger partial charge on any atom is 0.231 e. The Morgan fingerprint density at radius 2 is 1.83 bits per heavy atom. The highest BCUT2D eigenvalue weighted by Gasteiger charge is 2.56. The zero-order valence-electron chi connectivity index (χ0n) is 15.9. The molecule has 2 unspecified atom stereocenters. The van der Waals surface area contributed by atoms with Crippen LogP contribution in [0.3, 0.4) is 0 Å². The SMILES string of the molecule is CC1(C)C=Cc2c(ccc3c2OC2COc4cc5c(cc4C2(O)C3=O)OCO5)O1. The largest absolute Gasteiger partial charge is 0.489 e. The van der Waals surface area contributed by atoms with Crippen molar-refractivity contribution in [2.24, 2.45) is 0 Å². The predicted octanol–water partition coefficient (Wildman–Crippen LogP) is 2.82. The van der Waals surface area contributed by atoms with Crippen LogP contribution >= 0.6 is 0 Å². The van der Waals surface area contributed by atoms with Crippen LogP contribution in [0.15, 0.2) is 30.3 Å². The van der Waals surface area contributed by atoms with E-state index in [1.54, 1.807) is 24.3 Å². The maximum absolute atomic E-state index is 13.5. The minimum Gasteiger partial charge on any atom is -0.489 e. The summed E-state index contributed by atoms with van der Waals surface area (Å²) in [6.07, 6.45) is 2.91. The second-order valence-corrected chi connectivity index (χ2v) is 8.11. The zero-order valence-corrected chi connectivity index (χ0v) is 15.9. The van der Waals surface area contributed by atoms with E-state index >= 15 is 0 Å². The first-order chi connectivity index (χ1) is 13.9. The number of carbonyl (C=O) groups is 1. The fourth-order valence-electron chi connectivity index (χ4n) is 4.27. The van der Waals surface area contributed by atoms with Crippen LogP contribution in [0.2, 0.25) is 0 Å². The van der Waals surface area contributed by atoms with Crippen molar-refractivity contribution in [3.05, 3.63) is 47.0 Å². The predicted molar refractivity (Wildman–Crippen MR) is 101 cm³/mol. The summed E-state index contributed by atoms with van der Waals surface area (Å²) in [5, 5.41) is 11.6. The van der Waals surface area contributed by atoms with E-state index in [0.29, 0.717) is 45.4 Å². The molecular formula is C22H18O7. The molecule has 0 bridgehead atoms. The average Bonchev–Trinajstić information content (AvgIpc) is 3.14. The van der Waals surface area contributed by atoms with Crippen molar-refractivity contribution in [2.75, 3.05) is 13.4 Å². The molecule has 0 aromatic heterocycles. The number of hydrogen-bond acceptors (Lipinski definition) is 7. The first kappa shape index (κ1) is 16.7. The normalized spacial score (nSPS) is 26.9. The van der Waals surface area contributed by atoms with Crippen molar-refractivity contribution >= 4 is 11.9 Å². The number of ether oxygens (including phenoxy) is 5. The summed E-state index contributed by atoms with van der Waals surface area (Å²) in [5.41, 5.74) is -1.02. The molecule has 0 amide bonds. The van der Waals surface area contributed by atoms with E-state index in [0.717, 1.165) is 0 Å². The van der Waals surface area contributed by atoms with Gasteiger partial charge in [0.25, 0.3) is 0 Å². The van der Waals surface area contributed by atoms with Crippen LogP contribution in [0.25, 0.3) is 6.08 Å². The third-order valence-electron chi connectivity index (χ3n) is 5.77. The molecule has 29 heavy (non-hydrogen) atoms. The van der Waals surface area contributed by atoms with Gasteiger partial charge in [-0.1, -0.05) is 0 Å². The van der Waals surface area contributed by atoms with Crippen LogP contribution in [0.1, 0.15) is 35.3 Å². The molecule has 7 heteroatoms. The van der Waals surface area contributed by atoms with Gasteiger partial charge in [-0.25, -0.2) is 0 Å². The Kier molecular flexibility index (Phi) is 3.02. The lowest BCUT2D eigenvalue weighted by molar-refractivity contribution is -0.0801. The minimum absolute atomic E-state index is 0.0219. The molecule has 0 aliphatic carbocycles. The van der Waals surface area contributed by atoms with Crippen molar-refractivity contribution in [1.82, 2.24) is 0 Å². The van der Waals surface area contributed by atoms with Gasteiger partial charge in [0.15, 0.2) is 23.2 Å². The van der Waals surface area contributed by atoms with Crippen molar-refractivity contribution in [3.8, 4) is 28.7 Å². The standard InChI is InChI=1S/C22H18O7/c1-21(2)6-5-11-14(29-21)4-3-12-19(11)28-18-9-25-15-8-17-16(26-10-27-17)7-13(15)22(18,24)20(12)23/h3-8,18,24H,9-10H2,1-2H3. The van der Waals surface area contributed by atoms with Crippen LogP contribution in [0.4, 0.5) is 0 Å². The molecule has 7 nitrogen and oxygen atoms in total. The molecule has 6 rings (SSSR count). The second-order valence-electron chi connectivity index (χ2n) is 8.11. The van der Waals surface area contributed by atoms with Gasteiger partial charge in [0.05, 0.1) is 11.1 Å². The highest BCUT2D eigenvalue weighted by atomic mass is 16.7. The molecule has 148 valence electrons. The quantitative estimate of drug-likeness (QED) is 0.736. The van der Waals surface area contributed by atoms with Gasteiger partial charge in [-0.15, -0.1) is 0 Å². The highest BCUT2D eigenvalue weighted by Crippen LogP contribution is 2.51. The van der Waals surface area contributed by atoms with Gasteiger partial charge in [-0.3, -0.25) is 4.79 Å². The van der Waals surface area contributed by atoms with Gasteiger partial charge in [0.1, 0.15) is 29.5 Å². The van der Waals surface area contributed by atoms with Gasteiger partial charge in [-0.2, -0.15) is 0 Å². The number of rotatable bonds is 0. The van der Waals surface area contributed by atoms with E-state index in [4.69, 9.17) is 23.7 Å². The number of fused-ring (bicyclic) bond motifs is 7. The zero-order chi connectivity index (χ0) is 20.0. The molecule has 1 N–H and O–H groups in total. The fraction of sp³-hybridized carbons (Fsp3) is 0.318. The molecule has 2 atom stereocenters. The molecule has 4 aliphatic heterocycles. The molecule has 0 saturated carbocycles. The third-order valence-corrected chi connectivity index (χ3v) is 5.77.